The molecule has 0 saturated heterocycles. The molecule has 0 aliphatic carbocycles. The third-order valence-electron chi connectivity index (χ3n) is 2.58. The first-order valence-electron chi connectivity index (χ1n) is 5.63. The molecule has 1 aromatic rings. The van der Waals surface area contributed by atoms with Crippen LogP contribution in [0.1, 0.15) is 32.3 Å². The Morgan fingerprint density at radius 2 is 2.18 bits per heavy atom. The summed E-state index contributed by atoms with van der Waals surface area (Å²) in [5, 5.41) is 3.22. The van der Waals surface area contributed by atoms with Crippen LogP contribution in [-0.4, -0.2) is 18.1 Å². The first kappa shape index (κ1) is 12.4. The van der Waals surface area contributed by atoms with Gasteiger partial charge >= 0.3 is 5.97 Å². The predicted molar refractivity (Wildman–Crippen MR) is 71.2 cm³/mol. The molecule has 17 heavy (non-hydrogen) atoms. The summed E-state index contributed by atoms with van der Waals surface area (Å²) in [5.74, 6) is -0.372. The number of hydrogen-bond acceptors (Lipinski definition) is 3. The lowest BCUT2D eigenvalue weighted by Crippen LogP contribution is -2.28. The van der Waals surface area contributed by atoms with Gasteiger partial charge < -0.3 is 10.1 Å². The maximum atomic E-state index is 12.1. The second kappa shape index (κ2) is 4.33. The minimum absolute atomic E-state index is 0.165. The highest BCUT2D eigenvalue weighted by atomic mass is 79.9. The number of hydrogen-bond donors (Lipinski definition) is 1. The molecule has 1 heterocycles. The van der Waals surface area contributed by atoms with Crippen molar-refractivity contribution in [2.24, 2.45) is 0 Å². The molecule has 1 unspecified atom stereocenters. The average Bonchev–Trinajstić information content (AvgIpc) is 2.57. The molecular formula is C13H16BrNO2. The normalized spacial score (nSPS) is 18.5. The summed E-state index contributed by atoms with van der Waals surface area (Å²) in [6, 6.07) is 5.91. The minimum atomic E-state index is -0.439. The Morgan fingerprint density at radius 1 is 1.47 bits per heavy atom. The summed E-state index contributed by atoms with van der Waals surface area (Å²) in [6.07, 6.45) is 0. The molecule has 2 rings (SSSR count). The molecule has 0 bridgehead atoms. The quantitative estimate of drug-likeness (QED) is 0.808. The van der Waals surface area contributed by atoms with Crippen LogP contribution in [0.3, 0.4) is 0 Å². The third-order valence-corrected chi connectivity index (χ3v) is 3.07. The van der Waals surface area contributed by atoms with Crippen LogP contribution >= 0.6 is 15.9 Å². The Morgan fingerprint density at radius 3 is 2.82 bits per heavy atom. The van der Waals surface area contributed by atoms with Crippen molar-refractivity contribution in [3.05, 3.63) is 28.2 Å². The van der Waals surface area contributed by atoms with Crippen molar-refractivity contribution in [3.8, 4) is 0 Å². The lowest BCUT2D eigenvalue weighted by Gasteiger charge is -2.22. The molecule has 0 amide bonds. The van der Waals surface area contributed by atoms with Crippen molar-refractivity contribution < 1.29 is 9.53 Å². The molecule has 0 saturated carbocycles. The Kier molecular flexibility index (Phi) is 3.17. The fourth-order valence-corrected chi connectivity index (χ4v) is 2.27. The van der Waals surface area contributed by atoms with Gasteiger partial charge in [0, 0.05) is 16.7 Å². The number of anilines is 1. The fourth-order valence-electron chi connectivity index (χ4n) is 1.89. The number of ether oxygens (including phenoxy) is 1. The molecule has 0 radical (unpaired) electrons. The van der Waals surface area contributed by atoms with Crippen molar-refractivity contribution >= 4 is 27.6 Å². The van der Waals surface area contributed by atoms with Crippen LogP contribution in [0.4, 0.5) is 5.69 Å². The molecule has 4 heteroatoms. The largest absolute Gasteiger partial charge is 0.459 e. The monoisotopic (exact) mass is 297 g/mol. The van der Waals surface area contributed by atoms with Gasteiger partial charge in [0.2, 0.25) is 0 Å². The van der Waals surface area contributed by atoms with E-state index >= 15 is 0 Å². The molecule has 0 spiro atoms. The summed E-state index contributed by atoms with van der Waals surface area (Å²) in [6.45, 7) is 6.26. The molecule has 92 valence electrons. The van der Waals surface area contributed by atoms with E-state index in [1.807, 2.05) is 39.0 Å². The third kappa shape index (κ3) is 2.80. The van der Waals surface area contributed by atoms with Crippen molar-refractivity contribution in [1.82, 2.24) is 0 Å². The highest BCUT2D eigenvalue weighted by Crippen LogP contribution is 2.35. The summed E-state index contributed by atoms with van der Waals surface area (Å²) < 4.78 is 6.40. The van der Waals surface area contributed by atoms with Gasteiger partial charge in [-0.05, 0) is 44.5 Å². The molecule has 3 nitrogen and oxygen atoms in total. The summed E-state index contributed by atoms with van der Waals surface area (Å²) in [7, 11) is 0. The molecule has 1 atom stereocenters. The fraction of sp³-hybridized carbons (Fsp3) is 0.462. The van der Waals surface area contributed by atoms with Gasteiger partial charge in [-0.3, -0.25) is 4.79 Å². The van der Waals surface area contributed by atoms with Gasteiger partial charge in [-0.15, -0.1) is 0 Å². The summed E-state index contributed by atoms with van der Waals surface area (Å²) in [5.41, 5.74) is 1.59. The second-order valence-corrected chi connectivity index (χ2v) is 6.11. The van der Waals surface area contributed by atoms with E-state index in [0.717, 1.165) is 15.7 Å². The smallest absolute Gasteiger partial charge is 0.315 e. The van der Waals surface area contributed by atoms with E-state index in [1.165, 1.54) is 0 Å². The number of rotatable bonds is 1. The number of nitrogens with one attached hydrogen (secondary N) is 1. The molecule has 1 aliphatic rings. The lowest BCUT2D eigenvalue weighted by atomic mass is 10.0. The zero-order valence-electron chi connectivity index (χ0n) is 10.2. The number of fused-ring (bicyclic) bond motifs is 1. The first-order valence-corrected chi connectivity index (χ1v) is 6.42. The number of benzene rings is 1. The van der Waals surface area contributed by atoms with Crippen molar-refractivity contribution in [3.63, 3.8) is 0 Å². The number of esters is 1. The second-order valence-electron chi connectivity index (χ2n) is 5.20. The Hall–Kier alpha value is -1.03. The molecule has 1 aliphatic heterocycles. The highest BCUT2D eigenvalue weighted by Gasteiger charge is 2.32. The van der Waals surface area contributed by atoms with E-state index in [9.17, 15) is 4.79 Å². The topological polar surface area (TPSA) is 38.3 Å². The van der Waals surface area contributed by atoms with Gasteiger partial charge in [0.05, 0.1) is 0 Å². The number of carbonyl (C=O) groups is 1. The first-order chi connectivity index (χ1) is 7.87. The number of carbonyl (C=O) groups excluding carboxylic acids is 1. The van der Waals surface area contributed by atoms with Crippen LogP contribution in [0.5, 0.6) is 0 Å². The molecular weight excluding hydrogens is 282 g/mol. The highest BCUT2D eigenvalue weighted by molar-refractivity contribution is 9.10. The van der Waals surface area contributed by atoms with Crippen LogP contribution in [-0.2, 0) is 9.53 Å². The molecule has 1 aromatic carbocycles. The maximum absolute atomic E-state index is 12.1. The average molecular weight is 298 g/mol. The van der Waals surface area contributed by atoms with Gasteiger partial charge in [-0.25, -0.2) is 0 Å². The number of halogens is 1. The van der Waals surface area contributed by atoms with E-state index in [4.69, 9.17) is 4.74 Å². The molecule has 1 N–H and O–H groups in total. The van der Waals surface area contributed by atoms with Crippen LogP contribution in [0.15, 0.2) is 22.7 Å². The maximum Gasteiger partial charge on any atom is 0.315 e. The van der Waals surface area contributed by atoms with Gasteiger partial charge in [0.25, 0.3) is 0 Å². The van der Waals surface area contributed by atoms with E-state index in [0.29, 0.717) is 6.54 Å². The predicted octanol–water partition coefficient (Wildman–Crippen LogP) is 3.30. The summed E-state index contributed by atoms with van der Waals surface area (Å²) in [4.78, 5) is 12.1. The van der Waals surface area contributed by atoms with Gasteiger partial charge in [0.1, 0.15) is 11.5 Å². The van der Waals surface area contributed by atoms with Crippen molar-refractivity contribution in [1.29, 1.82) is 0 Å². The van der Waals surface area contributed by atoms with E-state index in [1.54, 1.807) is 0 Å². The van der Waals surface area contributed by atoms with Crippen LogP contribution < -0.4 is 5.32 Å². The Bertz CT molecular complexity index is 451. The minimum Gasteiger partial charge on any atom is -0.459 e. The zero-order chi connectivity index (χ0) is 12.6. The Labute approximate surface area is 110 Å². The lowest BCUT2D eigenvalue weighted by molar-refractivity contribution is -0.156. The molecule has 0 fully saturated rings. The van der Waals surface area contributed by atoms with Gasteiger partial charge in [-0.2, -0.15) is 0 Å². The van der Waals surface area contributed by atoms with Gasteiger partial charge in [-0.1, -0.05) is 15.9 Å². The van der Waals surface area contributed by atoms with Crippen LogP contribution in [0, 0.1) is 0 Å². The van der Waals surface area contributed by atoms with E-state index in [-0.39, 0.29) is 11.9 Å². The van der Waals surface area contributed by atoms with Crippen molar-refractivity contribution in [2.45, 2.75) is 32.3 Å². The molecule has 0 aromatic heterocycles. The van der Waals surface area contributed by atoms with Crippen molar-refractivity contribution in [2.75, 3.05) is 11.9 Å². The van der Waals surface area contributed by atoms with Gasteiger partial charge in [0.15, 0.2) is 0 Å². The zero-order valence-corrected chi connectivity index (χ0v) is 11.8. The van der Waals surface area contributed by atoms with E-state index in [2.05, 4.69) is 21.2 Å². The standard InChI is InChI=1S/C13H16BrNO2/c1-13(2,3)17-12(16)10-7-15-11-5-4-8(14)6-9(10)11/h4-6,10,15H,7H2,1-3H3. The van der Waals surface area contributed by atoms with Crippen LogP contribution in [0.2, 0.25) is 0 Å². The SMILES string of the molecule is CC(C)(C)OC(=O)C1CNc2ccc(Br)cc21. The Balaban J connectivity index is 2.22. The van der Waals surface area contributed by atoms with Crippen LogP contribution in [0.25, 0.3) is 0 Å². The van der Waals surface area contributed by atoms with E-state index < -0.39 is 5.60 Å². The summed E-state index contributed by atoms with van der Waals surface area (Å²) >= 11 is 3.42.